The van der Waals surface area contributed by atoms with Gasteiger partial charge < -0.3 is 15.0 Å². The normalized spacial score (nSPS) is 14.2. The van der Waals surface area contributed by atoms with E-state index < -0.39 is 4.92 Å². The van der Waals surface area contributed by atoms with Gasteiger partial charge in [-0.05, 0) is 18.9 Å². The van der Waals surface area contributed by atoms with Gasteiger partial charge in [0, 0.05) is 12.1 Å². The molecule has 0 unspecified atom stereocenters. The number of benzene rings is 1. The SMILES string of the molecule is COc1cc([N+](=O)[O-])ccc1-c1nnc(CN)n1C1CC1. The molecular formula is C13H15N5O3. The van der Waals surface area contributed by atoms with Gasteiger partial charge in [-0.3, -0.25) is 10.1 Å². The molecule has 1 heterocycles. The number of aromatic nitrogens is 3. The lowest BCUT2D eigenvalue weighted by Crippen LogP contribution is -2.08. The smallest absolute Gasteiger partial charge is 0.273 e. The summed E-state index contributed by atoms with van der Waals surface area (Å²) in [6.07, 6.45) is 2.13. The first-order chi connectivity index (χ1) is 10.2. The molecule has 2 N–H and O–H groups in total. The van der Waals surface area contributed by atoms with E-state index in [4.69, 9.17) is 10.5 Å². The number of hydrogen-bond acceptors (Lipinski definition) is 6. The van der Waals surface area contributed by atoms with Crippen LogP contribution < -0.4 is 10.5 Å². The second kappa shape index (κ2) is 5.13. The van der Waals surface area contributed by atoms with E-state index in [9.17, 15) is 10.1 Å². The lowest BCUT2D eigenvalue weighted by molar-refractivity contribution is -0.384. The monoisotopic (exact) mass is 289 g/mol. The summed E-state index contributed by atoms with van der Waals surface area (Å²) in [7, 11) is 1.48. The highest BCUT2D eigenvalue weighted by Gasteiger charge is 2.30. The average Bonchev–Trinajstić information content (AvgIpc) is 3.25. The lowest BCUT2D eigenvalue weighted by Gasteiger charge is -2.11. The maximum atomic E-state index is 10.9. The number of nitro benzene ring substituents is 1. The molecule has 1 aromatic heterocycles. The summed E-state index contributed by atoms with van der Waals surface area (Å²) < 4.78 is 7.28. The van der Waals surface area contributed by atoms with E-state index in [0.29, 0.717) is 35.5 Å². The maximum Gasteiger partial charge on any atom is 0.273 e. The summed E-state index contributed by atoms with van der Waals surface area (Å²) in [6.45, 7) is 0.304. The minimum absolute atomic E-state index is 0.0212. The van der Waals surface area contributed by atoms with Crippen molar-refractivity contribution in [1.29, 1.82) is 0 Å². The number of ether oxygens (including phenoxy) is 1. The van der Waals surface area contributed by atoms with Gasteiger partial charge in [0.1, 0.15) is 11.6 Å². The Morgan fingerprint density at radius 1 is 1.48 bits per heavy atom. The van der Waals surface area contributed by atoms with Gasteiger partial charge in [0.15, 0.2) is 5.82 Å². The van der Waals surface area contributed by atoms with Crippen LogP contribution in [-0.2, 0) is 6.54 Å². The molecule has 0 aliphatic heterocycles. The number of nitrogens with zero attached hydrogens (tertiary/aromatic N) is 4. The first kappa shape index (κ1) is 13.5. The molecule has 1 saturated carbocycles. The second-order valence-electron chi connectivity index (χ2n) is 4.89. The van der Waals surface area contributed by atoms with Crippen molar-refractivity contribution in [3.63, 3.8) is 0 Å². The summed E-state index contributed by atoms with van der Waals surface area (Å²) in [4.78, 5) is 10.4. The van der Waals surface area contributed by atoms with Crippen LogP contribution in [0.3, 0.4) is 0 Å². The largest absolute Gasteiger partial charge is 0.496 e. The summed E-state index contributed by atoms with van der Waals surface area (Å²) in [6, 6.07) is 4.82. The van der Waals surface area contributed by atoms with Gasteiger partial charge in [0.05, 0.1) is 30.2 Å². The molecule has 0 spiro atoms. The van der Waals surface area contributed by atoms with Crippen molar-refractivity contribution in [2.45, 2.75) is 25.4 Å². The van der Waals surface area contributed by atoms with Crippen LogP contribution in [0.2, 0.25) is 0 Å². The topological polar surface area (TPSA) is 109 Å². The first-order valence-electron chi connectivity index (χ1n) is 6.62. The maximum absolute atomic E-state index is 10.9. The molecule has 0 saturated heterocycles. The van der Waals surface area contributed by atoms with E-state index in [1.165, 1.54) is 19.2 Å². The Bertz CT molecular complexity index is 693. The quantitative estimate of drug-likeness (QED) is 0.662. The number of methoxy groups -OCH3 is 1. The molecule has 1 aliphatic rings. The Morgan fingerprint density at radius 2 is 2.24 bits per heavy atom. The predicted octanol–water partition coefficient (Wildman–Crippen LogP) is 1.66. The Kier molecular flexibility index (Phi) is 3.30. The van der Waals surface area contributed by atoms with Crippen LogP contribution >= 0.6 is 0 Å². The third-order valence-corrected chi connectivity index (χ3v) is 3.50. The second-order valence-corrected chi connectivity index (χ2v) is 4.89. The highest BCUT2D eigenvalue weighted by Crippen LogP contribution is 2.41. The van der Waals surface area contributed by atoms with E-state index in [-0.39, 0.29) is 5.69 Å². The number of nitro groups is 1. The van der Waals surface area contributed by atoms with Gasteiger partial charge >= 0.3 is 0 Å². The number of hydrogen-bond donors (Lipinski definition) is 1. The molecule has 3 rings (SSSR count). The van der Waals surface area contributed by atoms with Crippen molar-refractivity contribution in [1.82, 2.24) is 14.8 Å². The molecule has 0 amide bonds. The molecule has 0 atom stereocenters. The summed E-state index contributed by atoms with van der Waals surface area (Å²) in [5.41, 5.74) is 6.36. The Morgan fingerprint density at radius 3 is 2.81 bits per heavy atom. The molecule has 1 aliphatic carbocycles. The molecule has 21 heavy (non-hydrogen) atoms. The van der Waals surface area contributed by atoms with Crippen molar-refractivity contribution >= 4 is 5.69 Å². The molecule has 0 bridgehead atoms. The van der Waals surface area contributed by atoms with E-state index in [1.54, 1.807) is 6.07 Å². The third-order valence-electron chi connectivity index (χ3n) is 3.50. The van der Waals surface area contributed by atoms with Crippen molar-refractivity contribution < 1.29 is 9.66 Å². The summed E-state index contributed by atoms with van der Waals surface area (Å²) in [5, 5.41) is 19.1. The zero-order valence-electron chi connectivity index (χ0n) is 11.5. The van der Waals surface area contributed by atoms with E-state index >= 15 is 0 Å². The van der Waals surface area contributed by atoms with Crippen LogP contribution in [0.15, 0.2) is 18.2 Å². The average molecular weight is 289 g/mol. The van der Waals surface area contributed by atoms with Gasteiger partial charge in [-0.15, -0.1) is 10.2 Å². The van der Waals surface area contributed by atoms with Crippen LogP contribution in [0, 0.1) is 10.1 Å². The fourth-order valence-electron chi connectivity index (χ4n) is 2.34. The molecule has 8 nitrogen and oxygen atoms in total. The predicted molar refractivity (Wildman–Crippen MR) is 74.8 cm³/mol. The number of nitrogens with two attached hydrogens (primary N) is 1. The number of non-ortho nitro benzene ring substituents is 1. The Labute approximate surface area is 120 Å². The van der Waals surface area contributed by atoms with Gasteiger partial charge in [0.2, 0.25) is 0 Å². The van der Waals surface area contributed by atoms with Crippen molar-refractivity contribution in [3.05, 3.63) is 34.1 Å². The lowest BCUT2D eigenvalue weighted by atomic mass is 10.1. The summed E-state index contributed by atoms with van der Waals surface area (Å²) in [5.74, 6) is 1.76. The zero-order chi connectivity index (χ0) is 15.0. The highest BCUT2D eigenvalue weighted by atomic mass is 16.6. The molecule has 1 fully saturated rings. The van der Waals surface area contributed by atoms with Gasteiger partial charge in [0.25, 0.3) is 5.69 Å². The molecule has 0 radical (unpaired) electrons. The standard InChI is InChI=1S/C13H15N5O3/c1-21-11-6-9(18(19)20)4-5-10(11)13-16-15-12(7-14)17(13)8-2-3-8/h4-6,8H,2-3,7,14H2,1H3. The van der Waals surface area contributed by atoms with E-state index in [1.807, 2.05) is 4.57 Å². The third kappa shape index (κ3) is 2.33. The fraction of sp³-hybridized carbons (Fsp3) is 0.385. The Hall–Kier alpha value is -2.48. The highest BCUT2D eigenvalue weighted by molar-refractivity contribution is 5.67. The first-order valence-corrected chi connectivity index (χ1v) is 6.62. The molecule has 110 valence electrons. The van der Waals surface area contributed by atoms with Crippen LogP contribution in [-0.4, -0.2) is 26.8 Å². The van der Waals surface area contributed by atoms with Crippen LogP contribution in [0.5, 0.6) is 5.75 Å². The van der Waals surface area contributed by atoms with Crippen LogP contribution in [0.1, 0.15) is 24.7 Å². The minimum Gasteiger partial charge on any atom is -0.496 e. The van der Waals surface area contributed by atoms with Crippen molar-refractivity contribution in [3.8, 4) is 17.1 Å². The number of rotatable bonds is 5. The Balaban J connectivity index is 2.12. The molecule has 2 aromatic rings. The van der Waals surface area contributed by atoms with E-state index in [0.717, 1.165) is 12.8 Å². The van der Waals surface area contributed by atoms with Gasteiger partial charge in [-0.1, -0.05) is 0 Å². The minimum atomic E-state index is -0.455. The van der Waals surface area contributed by atoms with Crippen molar-refractivity contribution in [2.24, 2.45) is 5.73 Å². The van der Waals surface area contributed by atoms with E-state index in [2.05, 4.69) is 10.2 Å². The summed E-state index contributed by atoms with van der Waals surface area (Å²) >= 11 is 0. The zero-order valence-corrected chi connectivity index (χ0v) is 11.5. The molecule has 8 heteroatoms. The van der Waals surface area contributed by atoms with Crippen molar-refractivity contribution in [2.75, 3.05) is 7.11 Å². The van der Waals surface area contributed by atoms with Crippen LogP contribution in [0.25, 0.3) is 11.4 Å². The molecular weight excluding hydrogens is 274 g/mol. The molecule has 1 aromatic carbocycles. The fourth-order valence-corrected chi connectivity index (χ4v) is 2.34. The van der Waals surface area contributed by atoms with Crippen LogP contribution in [0.4, 0.5) is 5.69 Å². The van der Waals surface area contributed by atoms with Gasteiger partial charge in [-0.25, -0.2) is 0 Å². The van der Waals surface area contributed by atoms with Gasteiger partial charge in [-0.2, -0.15) is 0 Å².